The Balaban J connectivity index is 0.00000324. The van der Waals surface area contributed by atoms with Crippen LogP contribution in [0.15, 0.2) is 30.3 Å². The van der Waals surface area contributed by atoms with Crippen LogP contribution in [0.1, 0.15) is 5.56 Å². The van der Waals surface area contributed by atoms with Crippen LogP contribution < -0.4 is 11.1 Å². The van der Waals surface area contributed by atoms with Crippen LogP contribution in [0.2, 0.25) is 0 Å². The maximum absolute atomic E-state index is 13.4. The number of benzene rings is 1. The lowest BCUT2D eigenvalue weighted by Gasteiger charge is -2.25. The highest BCUT2D eigenvalue weighted by Gasteiger charge is 2.48. The second-order valence-corrected chi connectivity index (χ2v) is 4.00. The largest absolute Gasteiger partial charge is 0.385 e. The molecule has 1 unspecified atom stereocenters. The molecular formula is C12H17ClF2N2O2. The van der Waals surface area contributed by atoms with Crippen molar-refractivity contribution < 1.29 is 18.7 Å². The van der Waals surface area contributed by atoms with E-state index in [4.69, 9.17) is 5.73 Å². The van der Waals surface area contributed by atoms with E-state index in [2.05, 4.69) is 0 Å². The van der Waals surface area contributed by atoms with Crippen molar-refractivity contribution in [1.29, 1.82) is 0 Å². The van der Waals surface area contributed by atoms with Gasteiger partial charge in [-0.1, -0.05) is 30.3 Å². The lowest BCUT2D eigenvalue weighted by atomic mass is 9.97. The van der Waals surface area contributed by atoms with Crippen molar-refractivity contribution in [2.24, 2.45) is 5.73 Å². The minimum atomic E-state index is -3.90. The van der Waals surface area contributed by atoms with E-state index in [0.717, 1.165) is 12.6 Å². The Kier molecular flexibility index (Phi) is 6.89. The number of nitrogens with two attached hydrogens (primary N) is 1. The summed E-state index contributed by atoms with van der Waals surface area (Å²) in [6.07, 6.45) is -2.16. The van der Waals surface area contributed by atoms with E-state index in [-0.39, 0.29) is 18.8 Å². The molecule has 0 spiro atoms. The zero-order chi connectivity index (χ0) is 13.8. The first kappa shape index (κ1) is 17.8. The summed E-state index contributed by atoms with van der Waals surface area (Å²) in [4.78, 5) is 11.0. The van der Waals surface area contributed by atoms with Crippen LogP contribution in [0.4, 0.5) is 8.78 Å². The number of rotatable bonds is 5. The summed E-state index contributed by atoms with van der Waals surface area (Å²) in [6.45, 7) is 0. The molecule has 0 aromatic heterocycles. The number of carbonyl (C=O) groups is 1. The fraction of sp³-hybridized carbons (Fsp3) is 0.417. The molecule has 0 aliphatic carbocycles. The fourth-order valence-corrected chi connectivity index (χ4v) is 1.57. The summed E-state index contributed by atoms with van der Waals surface area (Å²) in [6, 6.07) is 7.47. The molecular weight excluding hydrogens is 278 g/mol. The number of amides is 1. The first-order valence-electron chi connectivity index (χ1n) is 5.47. The van der Waals surface area contributed by atoms with Crippen LogP contribution in [0.3, 0.4) is 0 Å². The lowest BCUT2D eigenvalue weighted by molar-refractivity contribution is -0.165. The van der Waals surface area contributed by atoms with Gasteiger partial charge in [0.15, 0.2) is 0 Å². The molecule has 0 heterocycles. The molecule has 1 amide bonds. The molecule has 2 atom stereocenters. The Labute approximate surface area is 116 Å². The molecule has 0 saturated carbocycles. The van der Waals surface area contributed by atoms with Gasteiger partial charge in [0.25, 0.3) is 5.91 Å². The highest BCUT2D eigenvalue weighted by atomic mass is 35.5. The number of hydrogen-bond donors (Lipinski definition) is 3. The van der Waals surface area contributed by atoms with Gasteiger partial charge in [-0.05, 0) is 12.0 Å². The summed E-state index contributed by atoms with van der Waals surface area (Å²) in [5.74, 6) is -5.44. The minimum absolute atomic E-state index is 0. The lowest BCUT2D eigenvalue weighted by Crippen LogP contribution is -2.55. The van der Waals surface area contributed by atoms with E-state index >= 15 is 0 Å². The molecule has 4 N–H and O–H groups in total. The molecule has 1 aromatic carbocycles. The molecule has 4 nitrogen and oxygen atoms in total. The number of alkyl halides is 2. The Morgan fingerprint density at radius 2 is 1.95 bits per heavy atom. The summed E-state index contributed by atoms with van der Waals surface area (Å²) in [7, 11) is 1.08. The average molecular weight is 295 g/mol. The molecule has 1 aromatic rings. The molecule has 0 radical (unpaired) electrons. The number of aliphatic hydroxyl groups is 1. The highest BCUT2D eigenvalue weighted by Crippen LogP contribution is 2.22. The van der Waals surface area contributed by atoms with E-state index in [1.807, 2.05) is 0 Å². The van der Waals surface area contributed by atoms with Crippen molar-refractivity contribution in [2.75, 3.05) is 7.05 Å². The van der Waals surface area contributed by atoms with E-state index < -0.39 is 24.0 Å². The minimum Gasteiger partial charge on any atom is -0.385 e. The summed E-state index contributed by atoms with van der Waals surface area (Å²) < 4.78 is 26.8. The van der Waals surface area contributed by atoms with E-state index in [1.54, 1.807) is 35.6 Å². The van der Waals surface area contributed by atoms with Crippen LogP contribution in [0.25, 0.3) is 0 Å². The first-order valence-corrected chi connectivity index (χ1v) is 5.47. The van der Waals surface area contributed by atoms with E-state index in [1.165, 1.54) is 0 Å². The number of nitrogens with one attached hydrogen (secondary N) is 1. The van der Waals surface area contributed by atoms with Crippen molar-refractivity contribution in [3.8, 4) is 0 Å². The van der Waals surface area contributed by atoms with Gasteiger partial charge in [-0.15, -0.1) is 12.4 Å². The van der Waals surface area contributed by atoms with Crippen molar-refractivity contribution in [3.05, 3.63) is 35.9 Å². The Morgan fingerprint density at radius 1 is 1.42 bits per heavy atom. The molecule has 7 heteroatoms. The maximum atomic E-state index is 13.4. The monoisotopic (exact) mass is 294 g/mol. The molecule has 0 aliphatic rings. The third-order valence-electron chi connectivity index (χ3n) is 2.62. The van der Waals surface area contributed by atoms with Gasteiger partial charge in [0.05, 0.1) is 0 Å². The fourth-order valence-electron chi connectivity index (χ4n) is 1.57. The molecule has 1 rings (SSSR count). The van der Waals surface area contributed by atoms with Crippen LogP contribution >= 0.6 is 12.4 Å². The molecule has 19 heavy (non-hydrogen) atoms. The van der Waals surface area contributed by atoms with Crippen molar-refractivity contribution in [3.63, 3.8) is 0 Å². The summed E-state index contributed by atoms with van der Waals surface area (Å²) in [5, 5.41) is 11.3. The normalized spacial score (nSPS) is 14.2. The van der Waals surface area contributed by atoms with Gasteiger partial charge in [-0.3, -0.25) is 4.79 Å². The Hall–Kier alpha value is -1.24. The van der Waals surface area contributed by atoms with Gasteiger partial charge in [-0.2, -0.15) is 8.78 Å². The van der Waals surface area contributed by atoms with Crippen LogP contribution in [-0.2, 0) is 11.2 Å². The van der Waals surface area contributed by atoms with Gasteiger partial charge in [0, 0.05) is 13.1 Å². The predicted molar refractivity (Wildman–Crippen MR) is 70.4 cm³/mol. The summed E-state index contributed by atoms with van der Waals surface area (Å²) in [5.41, 5.74) is 6.24. The molecule has 0 fully saturated rings. The van der Waals surface area contributed by atoms with Crippen LogP contribution in [0, 0.1) is 0 Å². The Bertz CT molecular complexity index is 404. The van der Waals surface area contributed by atoms with Crippen LogP contribution in [-0.4, -0.2) is 36.1 Å². The van der Waals surface area contributed by atoms with Crippen LogP contribution in [0.5, 0.6) is 0 Å². The number of carbonyl (C=O) groups excluding carboxylic acids is 1. The van der Waals surface area contributed by atoms with Gasteiger partial charge in [-0.25, -0.2) is 0 Å². The van der Waals surface area contributed by atoms with Gasteiger partial charge in [0.2, 0.25) is 0 Å². The Morgan fingerprint density at radius 3 is 2.42 bits per heavy atom. The maximum Gasteiger partial charge on any atom is 0.351 e. The zero-order valence-electron chi connectivity index (χ0n) is 10.3. The number of hydrogen-bond acceptors (Lipinski definition) is 3. The van der Waals surface area contributed by atoms with Gasteiger partial charge >= 0.3 is 5.92 Å². The third-order valence-corrected chi connectivity index (χ3v) is 2.62. The standard InChI is InChI=1S/C12H16F2N2O2.ClH/c1-16-11(18)12(13,14)10(17)9(15)7-8-5-3-2-4-6-8;/h2-6,9-10,17H,7,15H2,1H3,(H,16,18);1H/t9?,10-;/m1./s1. The molecule has 0 bridgehead atoms. The van der Waals surface area contributed by atoms with Gasteiger partial charge in [0.1, 0.15) is 6.10 Å². The van der Waals surface area contributed by atoms with Crippen molar-refractivity contribution in [2.45, 2.75) is 24.5 Å². The summed E-state index contributed by atoms with van der Waals surface area (Å²) >= 11 is 0. The van der Waals surface area contributed by atoms with Gasteiger partial charge < -0.3 is 16.2 Å². The van der Waals surface area contributed by atoms with E-state index in [0.29, 0.717) is 0 Å². The highest BCUT2D eigenvalue weighted by molar-refractivity contribution is 5.85. The average Bonchev–Trinajstić information content (AvgIpc) is 2.37. The topological polar surface area (TPSA) is 75.3 Å². The van der Waals surface area contributed by atoms with Crippen molar-refractivity contribution >= 4 is 18.3 Å². The van der Waals surface area contributed by atoms with E-state index in [9.17, 15) is 18.7 Å². The molecule has 0 saturated heterocycles. The molecule has 108 valence electrons. The quantitative estimate of drug-likeness (QED) is 0.749. The molecule has 0 aliphatic heterocycles. The number of halogens is 3. The SMILES string of the molecule is CNC(=O)C(F)(F)[C@H](O)C(N)Cc1ccccc1.Cl. The predicted octanol–water partition coefficient (Wildman–Crippen LogP) is 0.720. The second kappa shape index (κ2) is 7.37. The smallest absolute Gasteiger partial charge is 0.351 e. The second-order valence-electron chi connectivity index (χ2n) is 4.00. The number of aliphatic hydroxyl groups excluding tert-OH is 1. The first-order chi connectivity index (χ1) is 8.39. The third kappa shape index (κ3) is 4.41. The van der Waals surface area contributed by atoms with Crippen molar-refractivity contribution in [1.82, 2.24) is 5.32 Å². The zero-order valence-corrected chi connectivity index (χ0v) is 11.2.